The highest BCUT2D eigenvalue weighted by atomic mass is 19.3. The summed E-state index contributed by atoms with van der Waals surface area (Å²) in [6.07, 6.45) is -0.543. The lowest BCUT2D eigenvalue weighted by molar-refractivity contribution is -0.114. The van der Waals surface area contributed by atoms with Crippen LogP contribution in [0.1, 0.15) is 24.0 Å². The van der Waals surface area contributed by atoms with Crippen molar-refractivity contribution in [2.45, 2.75) is 50.9 Å². The maximum Gasteiger partial charge on any atom is 0.331 e. The van der Waals surface area contributed by atoms with Crippen molar-refractivity contribution in [2.75, 3.05) is 13.1 Å². The molecule has 1 aliphatic heterocycles. The molecule has 1 fully saturated rings. The lowest BCUT2D eigenvalue weighted by Gasteiger charge is -2.35. The second kappa shape index (κ2) is 8.50. The maximum atomic E-state index is 13.4. The molecule has 6 nitrogen and oxygen atoms in total. The molecule has 3 aromatic rings. The van der Waals surface area contributed by atoms with Crippen LogP contribution in [0.5, 0.6) is 0 Å². The smallest absolute Gasteiger partial charge is 0.331 e. The highest BCUT2D eigenvalue weighted by Crippen LogP contribution is 2.43. The van der Waals surface area contributed by atoms with Crippen LogP contribution in [0.3, 0.4) is 0 Å². The Labute approximate surface area is 189 Å². The van der Waals surface area contributed by atoms with Crippen molar-refractivity contribution in [1.29, 1.82) is 0 Å². The SMILES string of the molecule is O=c1c2ccccc2n(CC2CC(F)(F)C2)c(=O)n1CC(O)CN1CCc2ccccc2C1. The summed E-state index contributed by atoms with van der Waals surface area (Å²) in [5.74, 6) is -2.99. The van der Waals surface area contributed by atoms with Gasteiger partial charge in [-0.1, -0.05) is 36.4 Å². The molecule has 1 aromatic heterocycles. The number of β-amino-alcohol motifs (C(OH)–C–C–N with tert-alkyl or cyclic N) is 1. The van der Waals surface area contributed by atoms with Gasteiger partial charge in [-0.3, -0.25) is 18.8 Å². The maximum absolute atomic E-state index is 13.4. The Kier molecular flexibility index (Phi) is 5.66. The van der Waals surface area contributed by atoms with Crippen molar-refractivity contribution < 1.29 is 13.9 Å². The van der Waals surface area contributed by atoms with Crippen molar-refractivity contribution >= 4 is 10.9 Å². The van der Waals surface area contributed by atoms with Gasteiger partial charge in [0, 0.05) is 39.0 Å². The van der Waals surface area contributed by atoms with E-state index in [-0.39, 0.29) is 31.8 Å². The Hall–Kier alpha value is -2.84. The quantitative estimate of drug-likeness (QED) is 0.621. The minimum Gasteiger partial charge on any atom is -0.390 e. The van der Waals surface area contributed by atoms with Crippen LogP contribution in [-0.2, 0) is 26.1 Å². The molecule has 2 aromatic carbocycles. The van der Waals surface area contributed by atoms with Crippen molar-refractivity contribution in [3.8, 4) is 0 Å². The Bertz CT molecular complexity index is 1290. The third-order valence-corrected chi connectivity index (χ3v) is 6.82. The van der Waals surface area contributed by atoms with Crippen LogP contribution in [0.2, 0.25) is 0 Å². The van der Waals surface area contributed by atoms with Crippen molar-refractivity contribution in [1.82, 2.24) is 14.0 Å². The zero-order valence-electron chi connectivity index (χ0n) is 18.3. The van der Waals surface area contributed by atoms with Crippen LogP contribution in [-0.4, -0.2) is 44.3 Å². The Balaban J connectivity index is 1.38. The van der Waals surface area contributed by atoms with Crippen LogP contribution in [0, 0.1) is 5.92 Å². The highest BCUT2D eigenvalue weighted by molar-refractivity contribution is 5.77. The van der Waals surface area contributed by atoms with Gasteiger partial charge in [0.15, 0.2) is 0 Å². The number of benzene rings is 2. The highest BCUT2D eigenvalue weighted by Gasteiger charge is 2.45. The van der Waals surface area contributed by atoms with Gasteiger partial charge in [-0.2, -0.15) is 0 Å². The fourth-order valence-corrected chi connectivity index (χ4v) is 5.16. The summed E-state index contributed by atoms with van der Waals surface area (Å²) in [5, 5.41) is 11.1. The summed E-state index contributed by atoms with van der Waals surface area (Å²) in [7, 11) is 0. The fourth-order valence-electron chi connectivity index (χ4n) is 5.16. The van der Waals surface area contributed by atoms with E-state index in [1.165, 1.54) is 15.7 Å². The number of aliphatic hydroxyl groups is 1. The normalized spacial score (nSPS) is 19.2. The summed E-state index contributed by atoms with van der Waals surface area (Å²) in [5.41, 5.74) is 1.95. The number of rotatable bonds is 6. The second-order valence-corrected chi connectivity index (χ2v) is 9.36. The van der Waals surface area contributed by atoms with Crippen LogP contribution in [0.25, 0.3) is 10.9 Å². The summed E-state index contributed by atoms with van der Waals surface area (Å²) in [4.78, 5) is 28.4. The second-order valence-electron chi connectivity index (χ2n) is 9.36. The topological polar surface area (TPSA) is 67.5 Å². The molecule has 33 heavy (non-hydrogen) atoms. The molecule has 1 unspecified atom stereocenters. The van der Waals surface area contributed by atoms with Gasteiger partial charge in [0.25, 0.3) is 5.56 Å². The van der Waals surface area contributed by atoms with Gasteiger partial charge in [0.1, 0.15) is 0 Å². The zero-order valence-corrected chi connectivity index (χ0v) is 18.3. The van der Waals surface area contributed by atoms with E-state index in [0.29, 0.717) is 24.0 Å². The number of fused-ring (bicyclic) bond motifs is 2. The molecule has 1 N–H and O–H groups in total. The predicted octanol–water partition coefficient (Wildman–Crippen LogP) is 2.63. The largest absolute Gasteiger partial charge is 0.390 e. The average Bonchev–Trinajstić information content (AvgIpc) is 2.78. The standard InChI is InChI=1S/C25H27F2N3O3/c26-25(27)11-17(12-25)13-29-22-8-4-3-7-21(22)23(32)30(24(29)33)16-20(31)15-28-10-9-18-5-1-2-6-19(18)14-28/h1-8,17,20,31H,9-16H2. The molecule has 5 rings (SSSR count). The first-order valence-corrected chi connectivity index (χ1v) is 11.4. The first-order chi connectivity index (χ1) is 15.8. The molecule has 0 spiro atoms. The van der Waals surface area contributed by atoms with Crippen LogP contribution in [0.15, 0.2) is 58.1 Å². The summed E-state index contributed by atoms with van der Waals surface area (Å²) in [6.45, 7) is 1.83. The van der Waals surface area contributed by atoms with Gasteiger partial charge in [0.2, 0.25) is 5.92 Å². The third kappa shape index (κ3) is 4.37. The Morgan fingerprint density at radius 2 is 1.67 bits per heavy atom. The van der Waals surface area contributed by atoms with Crippen LogP contribution < -0.4 is 11.2 Å². The van der Waals surface area contributed by atoms with E-state index in [1.54, 1.807) is 24.3 Å². The number of para-hydroxylation sites is 1. The van der Waals surface area contributed by atoms with Crippen molar-refractivity contribution in [3.63, 3.8) is 0 Å². The zero-order chi connectivity index (χ0) is 23.2. The van der Waals surface area contributed by atoms with Crippen molar-refractivity contribution in [2.24, 2.45) is 5.92 Å². The van der Waals surface area contributed by atoms with E-state index < -0.39 is 23.3 Å². The molecule has 0 bridgehead atoms. The Morgan fingerprint density at radius 1 is 0.970 bits per heavy atom. The van der Waals surface area contributed by atoms with E-state index >= 15 is 0 Å². The lowest BCUT2D eigenvalue weighted by Crippen LogP contribution is -2.47. The minimum atomic E-state index is -2.68. The van der Waals surface area contributed by atoms with Gasteiger partial charge >= 0.3 is 5.69 Å². The third-order valence-electron chi connectivity index (χ3n) is 6.82. The molecule has 0 radical (unpaired) electrons. The van der Waals surface area contributed by atoms with Crippen molar-refractivity contribution in [3.05, 3.63) is 80.5 Å². The number of alkyl halides is 2. The van der Waals surface area contributed by atoms with Gasteiger partial charge in [-0.15, -0.1) is 0 Å². The molecular formula is C25H27F2N3O3. The molecule has 1 atom stereocenters. The number of aliphatic hydroxyl groups excluding tert-OH is 1. The molecule has 2 heterocycles. The summed E-state index contributed by atoms with van der Waals surface area (Å²) in [6, 6.07) is 14.9. The van der Waals surface area contributed by atoms with Crippen LogP contribution >= 0.6 is 0 Å². The predicted molar refractivity (Wildman–Crippen MR) is 122 cm³/mol. The molecule has 1 aliphatic carbocycles. The molecule has 174 valence electrons. The number of hydrogen-bond donors (Lipinski definition) is 1. The first kappa shape index (κ1) is 22.0. The van der Waals surface area contributed by atoms with E-state index in [1.807, 2.05) is 12.1 Å². The molecular weight excluding hydrogens is 428 g/mol. The van der Waals surface area contributed by atoms with Gasteiger partial charge in [0.05, 0.1) is 23.6 Å². The van der Waals surface area contributed by atoms with Gasteiger partial charge in [-0.25, -0.2) is 13.6 Å². The fraction of sp³-hybridized carbons (Fsp3) is 0.440. The van der Waals surface area contributed by atoms with E-state index in [4.69, 9.17) is 0 Å². The number of hydrogen-bond acceptors (Lipinski definition) is 4. The van der Waals surface area contributed by atoms with Gasteiger partial charge in [-0.05, 0) is 35.6 Å². The van der Waals surface area contributed by atoms with Gasteiger partial charge < -0.3 is 5.11 Å². The van der Waals surface area contributed by atoms with E-state index in [2.05, 4.69) is 17.0 Å². The molecule has 1 saturated carbocycles. The molecule has 2 aliphatic rings. The van der Waals surface area contributed by atoms with E-state index in [0.717, 1.165) is 17.5 Å². The average molecular weight is 456 g/mol. The summed E-state index contributed by atoms with van der Waals surface area (Å²) < 4.78 is 29.2. The monoisotopic (exact) mass is 455 g/mol. The van der Waals surface area contributed by atoms with E-state index in [9.17, 15) is 23.5 Å². The molecule has 0 saturated heterocycles. The minimum absolute atomic E-state index is 0.133. The van der Waals surface area contributed by atoms with Crippen LogP contribution in [0.4, 0.5) is 8.78 Å². The number of halogens is 2. The Morgan fingerprint density at radius 3 is 2.42 bits per heavy atom. The molecule has 0 amide bonds. The number of nitrogens with zero attached hydrogens (tertiary/aromatic N) is 3. The molecule has 8 heteroatoms. The first-order valence-electron chi connectivity index (χ1n) is 11.4. The summed E-state index contributed by atoms with van der Waals surface area (Å²) >= 11 is 0. The lowest BCUT2D eigenvalue weighted by atomic mass is 9.81. The number of aromatic nitrogens is 2.